The van der Waals surface area contributed by atoms with Gasteiger partial charge in [-0.25, -0.2) is 4.79 Å². The third-order valence-electron chi connectivity index (χ3n) is 4.11. The first-order valence-electron chi connectivity index (χ1n) is 9.02. The van der Waals surface area contributed by atoms with Crippen LogP contribution in [0, 0.1) is 6.92 Å². The molecule has 0 radical (unpaired) electrons. The lowest BCUT2D eigenvalue weighted by molar-refractivity contribution is -0.119. The van der Waals surface area contributed by atoms with E-state index in [4.69, 9.17) is 21.1 Å². The molecule has 0 saturated heterocycles. The van der Waals surface area contributed by atoms with Crippen molar-refractivity contribution in [1.29, 1.82) is 0 Å². The van der Waals surface area contributed by atoms with Gasteiger partial charge in [-0.2, -0.15) is 0 Å². The largest absolute Gasteiger partial charge is 0.489 e. The minimum absolute atomic E-state index is 0.209. The van der Waals surface area contributed by atoms with E-state index in [1.807, 2.05) is 49.4 Å². The van der Waals surface area contributed by atoms with Crippen LogP contribution in [0.15, 0.2) is 72.8 Å². The predicted octanol–water partition coefficient (Wildman–Crippen LogP) is 5.02. The molecule has 0 aliphatic carbocycles. The number of rotatable bonds is 7. The maximum atomic E-state index is 12.5. The van der Waals surface area contributed by atoms with Gasteiger partial charge in [-0.15, -0.1) is 0 Å². The van der Waals surface area contributed by atoms with E-state index in [1.54, 1.807) is 30.3 Å². The molecule has 1 N–H and O–H groups in total. The molecule has 0 unspecified atom stereocenters. The van der Waals surface area contributed by atoms with Crippen molar-refractivity contribution in [3.05, 3.63) is 94.5 Å². The van der Waals surface area contributed by atoms with Crippen molar-refractivity contribution in [3.63, 3.8) is 0 Å². The molecule has 3 rings (SSSR count). The zero-order valence-electron chi connectivity index (χ0n) is 15.9. The summed E-state index contributed by atoms with van der Waals surface area (Å²) in [7, 11) is 0. The van der Waals surface area contributed by atoms with Crippen molar-refractivity contribution in [3.8, 4) is 5.75 Å². The normalized spacial score (nSPS) is 10.3. The Balaban J connectivity index is 1.58. The molecule has 3 aromatic rings. The average Bonchev–Trinajstić information content (AvgIpc) is 2.73. The van der Waals surface area contributed by atoms with Crippen LogP contribution in [0.4, 0.5) is 5.69 Å². The Labute approximate surface area is 174 Å². The van der Waals surface area contributed by atoms with E-state index in [2.05, 4.69) is 5.32 Å². The Morgan fingerprint density at radius 2 is 1.69 bits per heavy atom. The standard InChI is InChI=1S/C23H20ClNO4/c1-16-11-12-21(20(24)13-16)25-22(26)15-29-23(27)19-10-6-5-7-17(19)14-28-18-8-3-2-4-9-18/h2-13H,14-15H2,1H3,(H,25,26). The fourth-order valence-corrected chi connectivity index (χ4v) is 2.92. The third-order valence-corrected chi connectivity index (χ3v) is 4.42. The Bertz CT molecular complexity index is 1000. The van der Waals surface area contributed by atoms with E-state index in [0.717, 1.165) is 5.56 Å². The summed E-state index contributed by atoms with van der Waals surface area (Å²) < 4.78 is 10.9. The van der Waals surface area contributed by atoms with E-state index < -0.39 is 18.5 Å². The quantitative estimate of drug-likeness (QED) is 0.556. The summed E-state index contributed by atoms with van der Waals surface area (Å²) in [6.45, 7) is 1.69. The molecular weight excluding hydrogens is 390 g/mol. The van der Waals surface area contributed by atoms with Gasteiger partial charge in [0.2, 0.25) is 0 Å². The highest BCUT2D eigenvalue weighted by Crippen LogP contribution is 2.22. The number of halogens is 1. The van der Waals surface area contributed by atoms with Gasteiger partial charge in [0.25, 0.3) is 5.91 Å². The van der Waals surface area contributed by atoms with Gasteiger partial charge in [-0.05, 0) is 42.8 Å². The minimum atomic E-state index is -0.595. The summed E-state index contributed by atoms with van der Waals surface area (Å²) in [4.78, 5) is 24.6. The number of anilines is 1. The molecule has 0 fully saturated rings. The first-order valence-corrected chi connectivity index (χ1v) is 9.39. The maximum Gasteiger partial charge on any atom is 0.339 e. The second kappa shape index (κ2) is 9.75. The molecule has 0 aliphatic rings. The lowest BCUT2D eigenvalue weighted by Crippen LogP contribution is -2.21. The summed E-state index contributed by atoms with van der Waals surface area (Å²) in [6.07, 6.45) is 0. The molecule has 5 nitrogen and oxygen atoms in total. The predicted molar refractivity (Wildman–Crippen MR) is 112 cm³/mol. The van der Waals surface area contributed by atoms with Gasteiger partial charge in [0.05, 0.1) is 16.3 Å². The smallest absolute Gasteiger partial charge is 0.339 e. The molecule has 0 bridgehead atoms. The van der Waals surface area contributed by atoms with Gasteiger partial charge in [-0.1, -0.05) is 54.1 Å². The third kappa shape index (κ3) is 5.83. The van der Waals surface area contributed by atoms with Crippen LogP contribution in [0.1, 0.15) is 21.5 Å². The van der Waals surface area contributed by atoms with E-state index in [-0.39, 0.29) is 6.61 Å². The summed E-state index contributed by atoms with van der Waals surface area (Å²) in [5, 5.41) is 3.06. The highest BCUT2D eigenvalue weighted by Gasteiger charge is 2.15. The van der Waals surface area contributed by atoms with Gasteiger partial charge in [0, 0.05) is 5.56 Å². The van der Waals surface area contributed by atoms with Crippen LogP contribution < -0.4 is 10.1 Å². The van der Waals surface area contributed by atoms with Crippen LogP contribution in [0.2, 0.25) is 5.02 Å². The number of carbonyl (C=O) groups excluding carboxylic acids is 2. The first kappa shape index (κ1) is 20.4. The van der Waals surface area contributed by atoms with Crippen molar-refractivity contribution in [2.45, 2.75) is 13.5 Å². The van der Waals surface area contributed by atoms with Crippen molar-refractivity contribution in [2.75, 3.05) is 11.9 Å². The summed E-state index contributed by atoms with van der Waals surface area (Å²) in [5.41, 5.74) is 2.47. The fraction of sp³-hybridized carbons (Fsp3) is 0.130. The number of ether oxygens (including phenoxy) is 2. The van der Waals surface area contributed by atoms with Crippen LogP contribution in [0.25, 0.3) is 0 Å². The zero-order chi connectivity index (χ0) is 20.6. The Kier molecular flexibility index (Phi) is 6.87. The molecule has 1 amide bonds. The molecule has 0 saturated carbocycles. The first-order chi connectivity index (χ1) is 14.0. The minimum Gasteiger partial charge on any atom is -0.489 e. The Hall–Kier alpha value is -3.31. The number of hydrogen-bond donors (Lipinski definition) is 1. The number of nitrogens with one attached hydrogen (secondary N) is 1. The second-order valence-corrected chi connectivity index (χ2v) is 6.77. The van der Waals surface area contributed by atoms with Crippen molar-refractivity contribution in [2.24, 2.45) is 0 Å². The summed E-state index contributed by atoms with van der Waals surface area (Å²) >= 11 is 6.10. The molecule has 0 heterocycles. The number of amides is 1. The molecule has 3 aromatic carbocycles. The zero-order valence-corrected chi connectivity index (χ0v) is 16.6. The molecule has 0 aliphatic heterocycles. The maximum absolute atomic E-state index is 12.5. The lowest BCUT2D eigenvalue weighted by atomic mass is 10.1. The monoisotopic (exact) mass is 409 g/mol. The summed E-state index contributed by atoms with van der Waals surface area (Å²) in [5.74, 6) is -0.366. The number of hydrogen-bond acceptors (Lipinski definition) is 4. The highest BCUT2D eigenvalue weighted by molar-refractivity contribution is 6.33. The van der Waals surface area contributed by atoms with E-state index in [0.29, 0.717) is 27.6 Å². The number of carbonyl (C=O) groups is 2. The van der Waals surface area contributed by atoms with E-state index >= 15 is 0 Å². The Morgan fingerprint density at radius 3 is 2.45 bits per heavy atom. The Morgan fingerprint density at radius 1 is 0.966 bits per heavy atom. The van der Waals surface area contributed by atoms with Crippen LogP contribution >= 0.6 is 11.6 Å². The molecule has 0 aromatic heterocycles. The van der Waals surface area contributed by atoms with Gasteiger partial charge < -0.3 is 14.8 Å². The van der Waals surface area contributed by atoms with Crippen molar-refractivity contribution >= 4 is 29.2 Å². The fourth-order valence-electron chi connectivity index (χ4n) is 2.64. The second-order valence-electron chi connectivity index (χ2n) is 6.37. The van der Waals surface area contributed by atoms with Crippen LogP contribution in [-0.2, 0) is 16.1 Å². The number of para-hydroxylation sites is 1. The van der Waals surface area contributed by atoms with Crippen LogP contribution in [-0.4, -0.2) is 18.5 Å². The SMILES string of the molecule is Cc1ccc(NC(=O)COC(=O)c2ccccc2COc2ccccc2)c(Cl)c1. The van der Waals surface area contributed by atoms with Crippen LogP contribution in [0.5, 0.6) is 5.75 Å². The highest BCUT2D eigenvalue weighted by atomic mass is 35.5. The van der Waals surface area contributed by atoms with Crippen molar-refractivity contribution < 1.29 is 19.1 Å². The van der Waals surface area contributed by atoms with Crippen molar-refractivity contribution in [1.82, 2.24) is 0 Å². The molecular formula is C23H20ClNO4. The van der Waals surface area contributed by atoms with E-state index in [1.165, 1.54) is 0 Å². The number of benzene rings is 3. The molecule has 148 valence electrons. The van der Waals surface area contributed by atoms with Gasteiger partial charge in [0.15, 0.2) is 6.61 Å². The number of aryl methyl sites for hydroxylation is 1. The molecule has 6 heteroatoms. The topological polar surface area (TPSA) is 64.6 Å². The number of esters is 1. The van der Waals surface area contributed by atoms with E-state index in [9.17, 15) is 9.59 Å². The van der Waals surface area contributed by atoms with Gasteiger partial charge in [0.1, 0.15) is 12.4 Å². The molecule has 0 spiro atoms. The summed E-state index contributed by atoms with van der Waals surface area (Å²) in [6, 6.07) is 21.5. The van der Waals surface area contributed by atoms with Gasteiger partial charge in [-0.3, -0.25) is 4.79 Å². The average molecular weight is 410 g/mol. The molecule has 29 heavy (non-hydrogen) atoms. The van der Waals surface area contributed by atoms with Crippen LogP contribution in [0.3, 0.4) is 0 Å². The molecule has 0 atom stereocenters. The van der Waals surface area contributed by atoms with Gasteiger partial charge >= 0.3 is 5.97 Å². The lowest BCUT2D eigenvalue weighted by Gasteiger charge is -2.11.